The Labute approximate surface area is 232 Å². The zero-order valence-corrected chi connectivity index (χ0v) is 24.0. The van der Waals surface area contributed by atoms with Crippen LogP contribution in [-0.4, -0.2) is 47.4 Å². The van der Waals surface area contributed by atoms with Crippen LogP contribution in [0.1, 0.15) is 16.7 Å². The Morgan fingerprint density at radius 1 is 1.03 bits per heavy atom. The summed E-state index contributed by atoms with van der Waals surface area (Å²) in [4.78, 5) is 12.8. The highest BCUT2D eigenvalue weighted by atomic mass is 35.5. The van der Waals surface area contributed by atoms with Crippen molar-refractivity contribution >= 4 is 45.0 Å². The van der Waals surface area contributed by atoms with Gasteiger partial charge in [-0.1, -0.05) is 23.7 Å². The molecule has 0 aliphatic heterocycles. The van der Waals surface area contributed by atoms with E-state index in [9.17, 15) is 17.6 Å². The lowest BCUT2D eigenvalue weighted by Gasteiger charge is -2.25. The van der Waals surface area contributed by atoms with Gasteiger partial charge in [-0.3, -0.25) is 9.10 Å². The van der Waals surface area contributed by atoms with Crippen molar-refractivity contribution in [2.24, 2.45) is 0 Å². The topological polar surface area (TPSA) is 84.9 Å². The molecule has 0 radical (unpaired) electrons. The molecule has 0 saturated heterocycles. The normalized spacial score (nSPS) is 11.2. The van der Waals surface area contributed by atoms with Gasteiger partial charge in [0.25, 0.3) is 10.0 Å². The molecule has 1 amide bonds. The summed E-state index contributed by atoms with van der Waals surface area (Å²) < 4.78 is 53.0. The van der Waals surface area contributed by atoms with E-state index in [2.05, 4.69) is 5.32 Å². The number of hydrogen-bond acceptors (Lipinski definition) is 6. The van der Waals surface area contributed by atoms with Crippen molar-refractivity contribution in [1.82, 2.24) is 5.32 Å². The summed E-state index contributed by atoms with van der Waals surface area (Å²) in [7, 11) is -1.27. The van der Waals surface area contributed by atoms with Gasteiger partial charge in [-0.05, 0) is 61.4 Å². The average molecular weight is 581 g/mol. The van der Waals surface area contributed by atoms with Gasteiger partial charge < -0.3 is 14.8 Å². The number of anilines is 1. The number of thioether (sulfide) groups is 1. The fourth-order valence-corrected chi connectivity index (χ4v) is 6.43. The average Bonchev–Trinajstić information content (AvgIpc) is 2.87. The van der Waals surface area contributed by atoms with E-state index in [1.807, 2.05) is 19.9 Å². The molecule has 0 fully saturated rings. The van der Waals surface area contributed by atoms with Crippen molar-refractivity contribution < 1.29 is 27.1 Å². The van der Waals surface area contributed by atoms with Crippen molar-refractivity contribution in [3.05, 3.63) is 82.1 Å². The van der Waals surface area contributed by atoms with E-state index in [1.54, 1.807) is 24.3 Å². The lowest BCUT2D eigenvalue weighted by atomic mass is 10.1. The minimum atomic E-state index is -4.15. The maximum Gasteiger partial charge on any atom is 0.264 e. The van der Waals surface area contributed by atoms with Gasteiger partial charge in [-0.25, -0.2) is 12.8 Å². The van der Waals surface area contributed by atoms with Crippen LogP contribution in [0.2, 0.25) is 5.02 Å². The van der Waals surface area contributed by atoms with Crippen LogP contribution in [0.4, 0.5) is 10.1 Å². The highest BCUT2D eigenvalue weighted by molar-refractivity contribution is 7.98. The molecule has 0 bridgehead atoms. The fraction of sp³-hybridized carbons (Fsp3) is 0.296. The number of hydrogen-bond donors (Lipinski definition) is 1. The van der Waals surface area contributed by atoms with E-state index < -0.39 is 22.5 Å². The maximum absolute atomic E-state index is 13.9. The van der Waals surface area contributed by atoms with Crippen LogP contribution in [-0.2, 0) is 20.6 Å². The number of aryl methyl sites for hydroxylation is 2. The Morgan fingerprint density at radius 2 is 1.71 bits per heavy atom. The number of ether oxygens (including phenoxy) is 2. The van der Waals surface area contributed by atoms with E-state index in [0.717, 1.165) is 15.4 Å². The first-order chi connectivity index (χ1) is 18.1. The molecule has 1 N–H and O–H groups in total. The van der Waals surface area contributed by atoms with Gasteiger partial charge >= 0.3 is 0 Å². The first-order valence-corrected chi connectivity index (χ1v) is 14.6. The van der Waals surface area contributed by atoms with E-state index in [1.165, 1.54) is 50.2 Å². The Hall–Kier alpha value is -2.95. The van der Waals surface area contributed by atoms with Gasteiger partial charge in [0.2, 0.25) is 5.91 Å². The molecular formula is C27H30ClFN2O5S2. The summed E-state index contributed by atoms with van der Waals surface area (Å²) in [5, 5.41) is 3.11. The summed E-state index contributed by atoms with van der Waals surface area (Å²) in [5.74, 6) is 0.629. The standard InChI is InChI=1S/C27H30ClFN2O5S2/c1-18-12-19(2)14-20(13-18)31(38(33,34)21-8-9-25(35-3)26(15-21)36-4)16-27(32)30-10-11-37-17-22-23(28)6-5-7-24(22)29/h5-9,12-15H,10-11,16-17H2,1-4H3,(H,30,32). The largest absolute Gasteiger partial charge is 0.493 e. The van der Waals surface area contributed by atoms with Crippen LogP contribution >= 0.6 is 23.4 Å². The highest BCUT2D eigenvalue weighted by Crippen LogP contribution is 2.32. The first kappa shape index (κ1) is 29.6. The number of amides is 1. The monoisotopic (exact) mass is 580 g/mol. The second kappa shape index (κ2) is 13.2. The van der Waals surface area contributed by atoms with Crippen LogP contribution in [0.3, 0.4) is 0 Å². The van der Waals surface area contributed by atoms with Crippen LogP contribution in [0, 0.1) is 19.7 Å². The molecule has 7 nitrogen and oxygen atoms in total. The van der Waals surface area contributed by atoms with Crippen molar-refractivity contribution in [2.45, 2.75) is 24.5 Å². The maximum atomic E-state index is 13.9. The van der Waals surface area contributed by atoms with Crippen LogP contribution in [0.15, 0.2) is 59.5 Å². The number of nitrogens with one attached hydrogen (secondary N) is 1. The Balaban J connectivity index is 1.76. The summed E-state index contributed by atoms with van der Waals surface area (Å²) in [6, 6.07) is 14.2. The quantitative estimate of drug-likeness (QED) is 0.290. The van der Waals surface area contributed by atoms with E-state index >= 15 is 0 Å². The zero-order valence-electron chi connectivity index (χ0n) is 21.6. The van der Waals surface area contributed by atoms with Crippen molar-refractivity contribution in [3.63, 3.8) is 0 Å². The first-order valence-electron chi connectivity index (χ1n) is 11.7. The molecule has 0 atom stereocenters. The van der Waals surface area contributed by atoms with Gasteiger partial charge in [0, 0.05) is 34.7 Å². The second-order valence-electron chi connectivity index (χ2n) is 8.48. The van der Waals surface area contributed by atoms with E-state index in [4.69, 9.17) is 21.1 Å². The van der Waals surface area contributed by atoms with E-state index in [-0.39, 0.29) is 23.0 Å². The van der Waals surface area contributed by atoms with Gasteiger partial charge in [0.15, 0.2) is 11.5 Å². The third-order valence-electron chi connectivity index (χ3n) is 5.60. The molecule has 38 heavy (non-hydrogen) atoms. The lowest BCUT2D eigenvalue weighted by Crippen LogP contribution is -2.41. The van der Waals surface area contributed by atoms with E-state index in [0.29, 0.717) is 33.5 Å². The molecule has 0 heterocycles. The third kappa shape index (κ3) is 7.33. The zero-order chi connectivity index (χ0) is 27.9. The molecule has 3 aromatic carbocycles. The molecule has 3 rings (SSSR count). The number of carbonyl (C=O) groups is 1. The van der Waals surface area contributed by atoms with Gasteiger partial charge in [0.05, 0.1) is 24.8 Å². The number of nitrogens with zero attached hydrogens (tertiary/aromatic N) is 1. The minimum Gasteiger partial charge on any atom is -0.493 e. The lowest BCUT2D eigenvalue weighted by molar-refractivity contribution is -0.119. The van der Waals surface area contributed by atoms with Gasteiger partial charge in [-0.15, -0.1) is 0 Å². The van der Waals surface area contributed by atoms with Crippen LogP contribution in [0.5, 0.6) is 11.5 Å². The van der Waals surface area contributed by atoms with Crippen molar-refractivity contribution in [1.29, 1.82) is 0 Å². The van der Waals surface area contributed by atoms with Crippen molar-refractivity contribution in [2.75, 3.05) is 37.4 Å². The predicted molar refractivity (Wildman–Crippen MR) is 151 cm³/mol. The number of benzene rings is 3. The van der Waals surface area contributed by atoms with Gasteiger partial charge in [-0.2, -0.15) is 11.8 Å². The molecule has 204 valence electrons. The number of methoxy groups -OCH3 is 2. The smallest absolute Gasteiger partial charge is 0.264 e. The number of halogens is 2. The number of sulfonamides is 1. The van der Waals surface area contributed by atoms with Crippen molar-refractivity contribution in [3.8, 4) is 11.5 Å². The summed E-state index contributed by atoms with van der Waals surface area (Å²) in [5.41, 5.74) is 2.50. The summed E-state index contributed by atoms with van der Waals surface area (Å²) in [6.07, 6.45) is 0. The molecule has 0 spiro atoms. The fourth-order valence-electron chi connectivity index (χ4n) is 3.81. The van der Waals surface area contributed by atoms with Gasteiger partial charge in [0.1, 0.15) is 12.4 Å². The number of carbonyl (C=O) groups excluding carboxylic acids is 1. The minimum absolute atomic E-state index is 0.0422. The highest BCUT2D eigenvalue weighted by Gasteiger charge is 2.28. The molecule has 0 unspecified atom stereocenters. The van der Waals surface area contributed by atoms with Crippen LogP contribution < -0.4 is 19.1 Å². The second-order valence-corrected chi connectivity index (χ2v) is 11.9. The predicted octanol–water partition coefficient (Wildman–Crippen LogP) is 5.36. The molecule has 3 aromatic rings. The summed E-state index contributed by atoms with van der Waals surface area (Å²) >= 11 is 7.47. The molecule has 0 aromatic heterocycles. The molecule has 0 aliphatic carbocycles. The third-order valence-corrected chi connectivity index (χ3v) is 8.71. The Kier molecular flexibility index (Phi) is 10.3. The molecule has 0 aliphatic rings. The molecular weight excluding hydrogens is 551 g/mol. The number of rotatable bonds is 12. The Bertz CT molecular complexity index is 1360. The SMILES string of the molecule is COc1ccc(S(=O)(=O)N(CC(=O)NCCSCc2c(F)cccc2Cl)c2cc(C)cc(C)c2)cc1OC. The molecule has 11 heteroatoms. The Morgan fingerprint density at radius 3 is 2.34 bits per heavy atom. The molecule has 0 saturated carbocycles. The van der Waals surface area contributed by atoms with Crippen LogP contribution in [0.25, 0.3) is 0 Å². The summed E-state index contributed by atoms with van der Waals surface area (Å²) in [6.45, 7) is 3.56.